The maximum absolute atomic E-state index is 14.1. The van der Waals surface area contributed by atoms with Crippen LogP contribution in [0, 0.1) is 26.6 Å². The molecule has 0 radical (unpaired) electrons. The molecule has 0 saturated heterocycles. The molecule has 0 saturated carbocycles. The quantitative estimate of drug-likeness (QED) is 0.549. The summed E-state index contributed by atoms with van der Waals surface area (Å²) in [5.41, 5.74) is 4.02. The second-order valence-electron chi connectivity index (χ2n) is 6.56. The standard InChI is InChI=1S/C20H17FN6OS/c1-11-8-9-14(10-12(11)2)19(28)23-20-22-18(25-29-20)17-13(3)27(26-24-17)16-7-5-4-6-15(16)21/h4-10H,1-3H3,(H,22,23,25,28). The molecule has 1 amide bonds. The zero-order chi connectivity index (χ0) is 20.5. The number of nitrogens with zero attached hydrogens (tertiary/aromatic N) is 5. The number of carbonyl (C=O) groups excluding carboxylic acids is 1. The minimum Gasteiger partial charge on any atom is -0.297 e. The van der Waals surface area contributed by atoms with E-state index in [1.54, 1.807) is 31.2 Å². The van der Waals surface area contributed by atoms with Crippen LogP contribution in [0.1, 0.15) is 27.2 Å². The van der Waals surface area contributed by atoms with E-state index in [4.69, 9.17) is 0 Å². The van der Waals surface area contributed by atoms with Crippen LogP contribution in [0.3, 0.4) is 0 Å². The maximum atomic E-state index is 14.1. The van der Waals surface area contributed by atoms with Crippen LogP contribution in [0.25, 0.3) is 17.2 Å². The highest BCUT2D eigenvalue weighted by molar-refractivity contribution is 7.10. The molecule has 1 N–H and O–H groups in total. The smallest absolute Gasteiger partial charge is 0.257 e. The maximum Gasteiger partial charge on any atom is 0.257 e. The van der Waals surface area contributed by atoms with Crippen molar-refractivity contribution in [2.24, 2.45) is 0 Å². The predicted molar refractivity (Wildman–Crippen MR) is 109 cm³/mol. The van der Waals surface area contributed by atoms with Gasteiger partial charge in [-0.3, -0.25) is 10.1 Å². The van der Waals surface area contributed by atoms with Crippen molar-refractivity contribution >= 4 is 22.6 Å². The number of carbonyl (C=O) groups is 1. The Bertz CT molecular complexity index is 1220. The van der Waals surface area contributed by atoms with Gasteiger partial charge in [0, 0.05) is 17.1 Å². The van der Waals surface area contributed by atoms with Crippen LogP contribution in [-0.4, -0.2) is 30.3 Å². The summed E-state index contributed by atoms with van der Waals surface area (Å²) in [6.07, 6.45) is 0. The van der Waals surface area contributed by atoms with Gasteiger partial charge < -0.3 is 0 Å². The fraction of sp³-hybridized carbons (Fsp3) is 0.150. The minimum absolute atomic E-state index is 0.262. The Labute approximate surface area is 170 Å². The van der Waals surface area contributed by atoms with Crippen molar-refractivity contribution in [1.29, 1.82) is 0 Å². The number of aryl methyl sites for hydroxylation is 2. The van der Waals surface area contributed by atoms with Crippen molar-refractivity contribution < 1.29 is 9.18 Å². The number of hydrogen-bond acceptors (Lipinski definition) is 6. The molecule has 4 rings (SSSR count). The third kappa shape index (κ3) is 3.64. The highest BCUT2D eigenvalue weighted by Crippen LogP contribution is 2.25. The molecule has 0 bridgehead atoms. The molecule has 0 aliphatic rings. The number of rotatable bonds is 4. The SMILES string of the molecule is Cc1ccc(C(=O)Nc2nc(-c3nnn(-c4ccccc4F)c3C)ns2)cc1C. The second kappa shape index (κ2) is 7.51. The Morgan fingerprint density at radius 1 is 1.10 bits per heavy atom. The first-order valence-electron chi connectivity index (χ1n) is 8.84. The molecule has 4 aromatic rings. The van der Waals surface area contributed by atoms with Gasteiger partial charge in [-0.15, -0.1) is 5.10 Å². The van der Waals surface area contributed by atoms with Crippen molar-refractivity contribution in [3.05, 3.63) is 70.7 Å². The first kappa shape index (κ1) is 18.9. The average Bonchev–Trinajstić information content (AvgIpc) is 3.31. The predicted octanol–water partition coefficient (Wildman–Crippen LogP) is 4.10. The van der Waals surface area contributed by atoms with Gasteiger partial charge in [0.2, 0.25) is 5.13 Å². The molecule has 0 aliphatic carbocycles. The van der Waals surface area contributed by atoms with Crippen LogP contribution in [-0.2, 0) is 0 Å². The fourth-order valence-electron chi connectivity index (χ4n) is 2.81. The van der Waals surface area contributed by atoms with E-state index in [0.717, 1.165) is 22.7 Å². The van der Waals surface area contributed by atoms with E-state index < -0.39 is 5.82 Å². The molecule has 0 fully saturated rings. The molecular formula is C20H17FN6OS. The fourth-order valence-corrected chi connectivity index (χ4v) is 3.38. The zero-order valence-electron chi connectivity index (χ0n) is 16.0. The van der Waals surface area contributed by atoms with E-state index >= 15 is 0 Å². The zero-order valence-corrected chi connectivity index (χ0v) is 16.8. The third-order valence-corrected chi connectivity index (χ3v) is 5.23. The van der Waals surface area contributed by atoms with E-state index in [-0.39, 0.29) is 5.91 Å². The summed E-state index contributed by atoms with van der Waals surface area (Å²) >= 11 is 1.05. The molecule has 0 unspecified atom stereocenters. The lowest BCUT2D eigenvalue weighted by Gasteiger charge is -2.04. The highest BCUT2D eigenvalue weighted by Gasteiger charge is 2.19. The topological polar surface area (TPSA) is 85.6 Å². The Morgan fingerprint density at radius 3 is 2.66 bits per heavy atom. The molecular weight excluding hydrogens is 391 g/mol. The lowest BCUT2D eigenvalue weighted by atomic mass is 10.1. The van der Waals surface area contributed by atoms with Gasteiger partial charge in [-0.2, -0.15) is 9.36 Å². The molecule has 0 atom stereocenters. The van der Waals surface area contributed by atoms with E-state index in [1.165, 1.54) is 10.7 Å². The van der Waals surface area contributed by atoms with Crippen LogP contribution in [0.4, 0.5) is 9.52 Å². The van der Waals surface area contributed by atoms with E-state index in [1.807, 2.05) is 26.0 Å². The summed E-state index contributed by atoms with van der Waals surface area (Å²) < 4.78 is 19.7. The molecule has 146 valence electrons. The number of amides is 1. The van der Waals surface area contributed by atoms with Crippen LogP contribution in [0.15, 0.2) is 42.5 Å². The van der Waals surface area contributed by atoms with E-state index in [9.17, 15) is 9.18 Å². The number of nitrogens with one attached hydrogen (secondary N) is 1. The number of anilines is 1. The minimum atomic E-state index is -0.403. The van der Waals surface area contributed by atoms with Crippen molar-refractivity contribution in [2.45, 2.75) is 20.8 Å². The van der Waals surface area contributed by atoms with Crippen molar-refractivity contribution in [1.82, 2.24) is 24.4 Å². The van der Waals surface area contributed by atoms with Gasteiger partial charge in [-0.1, -0.05) is 23.4 Å². The molecule has 2 aromatic carbocycles. The number of aromatic nitrogens is 5. The van der Waals surface area contributed by atoms with Crippen molar-refractivity contribution in [3.63, 3.8) is 0 Å². The molecule has 9 heteroatoms. The molecule has 0 aliphatic heterocycles. The summed E-state index contributed by atoms with van der Waals surface area (Å²) in [7, 11) is 0. The van der Waals surface area contributed by atoms with Gasteiger partial charge in [0.25, 0.3) is 5.91 Å². The molecule has 29 heavy (non-hydrogen) atoms. The summed E-state index contributed by atoms with van der Waals surface area (Å²) in [6.45, 7) is 5.71. The van der Waals surface area contributed by atoms with E-state index in [2.05, 4.69) is 25.0 Å². The largest absolute Gasteiger partial charge is 0.297 e. The van der Waals surface area contributed by atoms with Gasteiger partial charge >= 0.3 is 0 Å². The Balaban J connectivity index is 1.57. The first-order valence-corrected chi connectivity index (χ1v) is 9.61. The summed E-state index contributed by atoms with van der Waals surface area (Å²) in [4.78, 5) is 16.8. The lowest BCUT2D eigenvalue weighted by molar-refractivity contribution is 0.102. The van der Waals surface area contributed by atoms with Gasteiger partial charge in [0.1, 0.15) is 11.5 Å². The summed E-state index contributed by atoms with van der Waals surface area (Å²) in [5.74, 6) is -0.340. The number of benzene rings is 2. The van der Waals surface area contributed by atoms with Gasteiger partial charge in [0.05, 0.1) is 5.69 Å². The highest BCUT2D eigenvalue weighted by atomic mass is 32.1. The van der Waals surface area contributed by atoms with Crippen LogP contribution < -0.4 is 5.32 Å². The number of hydrogen-bond donors (Lipinski definition) is 1. The van der Waals surface area contributed by atoms with Crippen LogP contribution >= 0.6 is 11.5 Å². The summed E-state index contributed by atoms with van der Waals surface area (Å²) in [6, 6.07) is 11.8. The lowest BCUT2D eigenvalue weighted by Crippen LogP contribution is -2.12. The molecule has 2 heterocycles. The molecule has 2 aromatic heterocycles. The summed E-state index contributed by atoms with van der Waals surface area (Å²) in [5, 5.41) is 11.2. The number of halogens is 1. The third-order valence-electron chi connectivity index (χ3n) is 4.60. The van der Waals surface area contributed by atoms with Crippen molar-refractivity contribution in [2.75, 3.05) is 5.32 Å². The van der Waals surface area contributed by atoms with Gasteiger partial charge in [-0.05, 0) is 56.2 Å². The first-order chi connectivity index (χ1) is 13.9. The van der Waals surface area contributed by atoms with Crippen molar-refractivity contribution in [3.8, 4) is 17.2 Å². The Morgan fingerprint density at radius 2 is 1.90 bits per heavy atom. The Hall–Kier alpha value is -3.46. The van der Waals surface area contributed by atoms with E-state index in [0.29, 0.717) is 33.6 Å². The Kier molecular flexibility index (Phi) is 4.89. The molecule has 7 nitrogen and oxygen atoms in total. The number of para-hydroxylation sites is 1. The van der Waals surface area contributed by atoms with Crippen LogP contribution in [0.2, 0.25) is 0 Å². The monoisotopic (exact) mass is 408 g/mol. The van der Waals surface area contributed by atoms with Crippen LogP contribution in [0.5, 0.6) is 0 Å². The second-order valence-corrected chi connectivity index (χ2v) is 7.31. The van der Waals surface area contributed by atoms with Gasteiger partial charge in [-0.25, -0.2) is 9.07 Å². The molecule has 0 spiro atoms. The van der Waals surface area contributed by atoms with Gasteiger partial charge in [0.15, 0.2) is 11.5 Å². The average molecular weight is 408 g/mol. The normalized spacial score (nSPS) is 10.9.